The smallest absolute Gasteiger partial charge is 0.336 e. The molecule has 2 unspecified atom stereocenters. The number of hydrogen-bond acceptors (Lipinski definition) is 7. The third-order valence-electron chi connectivity index (χ3n) is 2.23. The van der Waals surface area contributed by atoms with E-state index >= 15 is 0 Å². The summed E-state index contributed by atoms with van der Waals surface area (Å²) in [6.45, 7) is 2.03. The van der Waals surface area contributed by atoms with Crippen molar-refractivity contribution in [3.05, 3.63) is 11.1 Å². The van der Waals surface area contributed by atoms with E-state index in [0.29, 0.717) is 5.57 Å². The summed E-state index contributed by atoms with van der Waals surface area (Å²) in [5.41, 5.74) is 0.956. The van der Waals surface area contributed by atoms with Crippen molar-refractivity contribution in [2.75, 3.05) is 33.0 Å². The standard InChI is InChI=1S/C12H22O7/c1-8(2)11(7-18-5-9(15)3-13)12(17)19-6-10(16)4-14/h9-10,13-16H,3-7H2,1-2H3. The molecule has 7 heteroatoms. The minimum atomic E-state index is -1.11. The number of aliphatic hydroxyl groups excluding tert-OH is 4. The van der Waals surface area contributed by atoms with E-state index in [1.54, 1.807) is 13.8 Å². The van der Waals surface area contributed by atoms with Crippen molar-refractivity contribution in [3.8, 4) is 0 Å². The van der Waals surface area contributed by atoms with Gasteiger partial charge in [0.05, 0.1) is 32.0 Å². The molecule has 0 radical (unpaired) electrons. The van der Waals surface area contributed by atoms with Crippen molar-refractivity contribution < 1.29 is 34.7 Å². The Morgan fingerprint density at radius 3 is 2.05 bits per heavy atom. The Balaban J connectivity index is 4.26. The second-order valence-electron chi connectivity index (χ2n) is 4.26. The van der Waals surface area contributed by atoms with Crippen LogP contribution in [0.2, 0.25) is 0 Å². The molecule has 19 heavy (non-hydrogen) atoms. The lowest BCUT2D eigenvalue weighted by Crippen LogP contribution is -2.25. The van der Waals surface area contributed by atoms with Gasteiger partial charge in [0.1, 0.15) is 18.8 Å². The van der Waals surface area contributed by atoms with Crippen LogP contribution in [-0.2, 0) is 14.3 Å². The van der Waals surface area contributed by atoms with Crippen LogP contribution >= 0.6 is 0 Å². The maximum atomic E-state index is 11.7. The van der Waals surface area contributed by atoms with Gasteiger partial charge in [0.15, 0.2) is 0 Å². The predicted octanol–water partition coefficient (Wildman–Crippen LogP) is -1.41. The first kappa shape index (κ1) is 18.0. The summed E-state index contributed by atoms with van der Waals surface area (Å²) in [5.74, 6) is -0.647. The predicted molar refractivity (Wildman–Crippen MR) is 66.3 cm³/mol. The van der Waals surface area contributed by atoms with Crippen LogP contribution in [0.4, 0.5) is 0 Å². The van der Waals surface area contributed by atoms with Crippen molar-refractivity contribution in [1.82, 2.24) is 0 Å². The first-order valence-electron chi connectivity index (χ1n) is 5.91. The molecule has 0 bridgehead atoms. The molecule has 7 nitrogen and oxygen atoms in total. The van der Waals surface area contributed by atoms with Crippen LogP contribution in [0.15, 0.2) is 11.1 Å². The Hall–Kier alpha value is -0.990. The highest BCUT2D eigenvalue weighted by molar-refractivity contribution is 5.89. The molecule has 0 aromatic rings. The van der Waals surface area contributed by atoms with Crippen molar-refractivity contribution in [1.29, 1.82) is 0 Å². The fourth-order valence-electron chi connectivity index (χ4n) is 1.07. The Bertz CT molecular complexity index is 296. The van der Waals surface area contributed by atoms with Gasteiger partial charge >= 0.3 is 5.97 Å². The molecular weight excluding hydrogens is 256 g/mol. The fraction of sp³-hybridized carbons (Fsp3) is 0.750. The average Bonchev–Trinajstić information content (AvgIpc) is 2.39. The molecular formula is C12H22O7. The van der Waals surface area contributed by atoms with Gasteiger partial charge in [-0.15, -0.1) is 0 Å². The summed E-state index contributed by atoms with van der Waals surface area (Å²) < 4.78 is 9.89. The zero-order valence-electron chi connectivity index (χ0n) is 11.2. The quantitative estimate of drug-likeness (QED) is 0.302. The average molecular weight is 278 g/mol. The molecule has 0 amide bonds. The Morgan fingerprint density at radius 1 is 1.05 bits per heavy atom. The summed E-state index contributed by atoms with van der Waals surface area (Å²) in [4.78, 5) is 11.7. The highest BCUT2D eigenvalue weighted by atomic mass is 16.5. The Labute approximate surface area is 112 Å². The second kappa shape index (κ2) is 9.88. The van der Waals surface area contributed by atoms with Gasteiger partial charge in [0, 0.05) is 0 Å². The topological polar surface area (TPSA) is 116 Å². The SMILES string of the molecule is CC(C)=C(COCC(O)CO)C(=O)OCC(O)CO. The monoisotopic (exact) mass is 278 g/mol. The molecule has 4 N–H and O–H groups in total. The molecule has 0 saturated carbocycles. The molecule has 0 aliphatic carbocycles. The molecule has 0 aliphatic rings. The highest BCUT2D eigenvalue weighted by Gasteiger charge is 2.15. The normalized spacial score (nSPS) is 13.8. The van der Waals surface area contributed by atoms with Gasteiger partial charge in [-0.1, -0.05) is 5.57 Å². The van der Waals surface area contributed by atoms with E-state index in [9.17, 15) is 4.79 Å². The largest absolute Gasteiger partial charge is 0.459 e. The Morgan fingerprint density at radius 2 is 1.58 bits per heavy atom. The first-order chi connectivity index (χ1) is 8.92. The summed E-state index contributed by atoms with van der Waals surface area (Å²) >= 11 is 0. The first-order valence-corrected chi connectivity index (χ1v) is 5.91. The molecule has 0 spiro atoms. The zero-order valence-corrected chi connectivity index (χ0v) is 11.2. The number of allylic oxidation sites excluding steroid dienone is 1. The number of hydrogen-bond donors (Lipinski definition) is 4. The third-order valence-corrected chi connectivity index (χ3v) is 2.23. The van der Waals surface area contributed by atoms with Crippen LogP contribution in [0.1, 0.15) is 13.8 Å². The van der Waals surface area contributed by atoms with Gasteiger partial charge in [-0.05, 0) is 13.8 Å². The van der Waals surface area contributed by atoms with E-state index in [4.69, 9.17) is 29.9 Å². The van der Waals surface area contributed by atoms with Crippen LogP contribution in [0.3, 0.4) is 0 Å². The number of rotatable bonds is 9. The van der Waals surface area contributed by atoms with E-state index < -0.39 is 31.4 Å². The molecule has 0 rings (SSSR count). The van der Waals surface area contributed by atoms with Crippen molar-refractivity contribution in [2.24, 2.45) is 0 Å². The van der Waals surface area contributed by atoms with Crippen LogP contribution < -0.4 is 0 Å². The van der Waals surface area contributed by atoms with Crippen LogP contribution in [0, 0.1) is 0 Å². The highest BCUT2D eigenvalue weighted by Crippen LogP contribution is 2.07. The van der Waals surface area contributed by atoms with E-state index in [0.717, 1.165) is 0 Å². The number of ether oxygens (including phenoxy) is 2. The lowest BCUT2D eigenvalue weighted by atomic mass is 10.1. The van der Waals surface area contributed by atoms with Gasteiger partial charge in [-0.3, -0.25) is 0 Å². The van der Waals surface area contributed by atoms with Crippen LogP contribution in [-0.4, -0.2) is 71.6 Å². The fourth-order valence-corrected chi connectivity index (χ4v) is 1.07. The van der Waals surface area contributed by atoms with Crippen molar-refractivity contribution in [3.63, 3.8) is 0 Å². The van der Waals surface area contributed by atoms with Gasteiger partial charge in [-0.2, -0.15) is 0 Å². The van der Waals surface area contributed by atoms with Gasteiger partial charge in [0.2, 0.25) is 0 Å². The van der Waals surface area contributed by atoms with Gasteiger partial charge in [-0.25, -0.2) is 4.79 Å². The van der Waals surface area contributed by atoms with Crippen molar-refractivity contribution in [2.45, 2.75) is 26.1 Å². The molecule has 0 heterocycles. The van der Waals surface area contributed by atoms with Crippen LogP contribution in [0.25, 0.3) is 0 Å². The summed E-state index contributed by atoms with van der Waals surface area (Å²) in [6.07, 6.45) is -2.11. The summed E-state index contributed by atoms with van der Waals surface area (Å²) in [6, 6.07) is 0. The molecule has 0 fully saturated rings. The number of carbonyl (C=O) groups excluding carboxylic acids is 1. The number of carbonyl (C=O) groups is 1. The summed E-state index contributed by atoms with van der Waals surface area (Å²) in [5, 5.41) is 35.4. The molecule has 0 aromatic heterocycles. The number of aliphatic hydroxyl groups is 4. The van der Waals surface area contributed by atoms with Crippen LogP contribution in [0.5, 0.6) is 0 Å². The second-order valence-corrected chi connectivity index (χ2v) is 4.26. The molecule has 0 saturated heterocycles. The molecule has 112 valence electrons. The van der Waals surface area contributed by atoms with Crippen molar-refractivity contribution >= 4 is 5.97 Å². The lowest BCUT2D eigenvalue weighted by Gasteiger charge is -2.13. The molecule has 2 atom stereocenters. The zero-order chi connectivity index (χ0) is 14.8. The van der Waals surface area contributed by atoms with E-state index in [2.05, 4.69) is 0 Å². The van der Waals surface area contributed by atoms with Gasteiger partial charge < -0.3 is 29.9 Å². The lowest BCUT2D eigenvalue weighted by molar-refractivity contribution is -0.143. The van der Waals surface area contributed by atoms with E-state index in [1.807, 2.05) is 0 Å². The molecule has 0 aromatic carbocycles. The third kappa shape index (κ3) is 7.91. The Kier molecular flexibility index (Phi) is 9.36. The van der Waals surface area contributed by atoms with Gasteiger partial charge in [0.25, 0.3) is 0 Å². The maximum absolute atomic E-state index is 11.7. The molecule has 0 aliphatic heterocycles. The minimum absolute atomic E-state index is 0.0621. The maximum Gasteiger partial charge on any atom is 0.336 e. The summed E-state index contributed by atoms with van der Waals surface area (Å²) in [7, 11) is 0. The minimum Gasteiger partial charge on any atom is -0.459 e. The van der Waals surface area contributed by atoms with E-state index in [-0.39, 0.29) is 25.4 Å². The number of esters is 1. The van der Waals surface area contributed by atoms with E-state index in [1.165, 1.54) is 0 Å².